The third-order valence-corrected chi connectivity index (χ3v) is 5.57. The van der Waals surface area contributed by atoms with Gasteiger partial charge in [-0.2, -0.15) is 0 Å². The summed E-state index contributed by atoms with van der Waals surface area (Å²) in [5.41, 5.74) is 6.08. The first-order chi connectivity index (χ1) is 10.9. The number of aliphatic hydroxyl groups excluding tert-OH is 1. The van der Waals surface area contributed by atoms with Gasteiger partial charge in [-0.25, -0.2) is 0 Å². The topological polar surface area (TPSA) is 75.3 Å². The van der Waals surface area contributed by atoms with Gasteiger partial charge in [0.15, 0.2) is 0 Å². The molecule has 0 spiro atoms. The van der Waals surface area contributed by atoms with Crippen molar-refractivity contribution in [1.82, 2.24) is 5.32 Å². The fraction of sp³-hybridized carbons (Fsp3) is 0.947. The summed E-state index contributed by atoms with van der Waals surface area (Å²) in [6.07, 6.45) is 6.65. The number of unbranched alkanes of at least 4 members (excludes halogenated alkanes) is 1. The van der Waals surface area contributed by atoms with Crippen LogP contribution in [0.5, 0.6) is 0 Å². The molecule has 4 N–H and O–H groups in total. The minimum Gasteiger partial charge on any atom is -0.393 e. The van der Waals surface area contributed by atoms with Crippen LogP contribution < -0.4 is 11.1 Å². The van der Waals surface area contributed by atoms with E-state index >= 15 is 0 Å². The van der Waals surface area contributed by atoms with Crippen LogP contribution in [0.15, 0.2) is 0 Å². The van der Waals surface area contributed by atoms with Crippen molar-refractivity contribution >= 4 is 5.91 Å². The smallest absolute Gasteiger partial charge is 0.223 e. The van der Waals surface area contributed by atoms with Crippen molar-refractivity contribution in [2.24, 2.45) is 29.4 Å². The normalized spacial score (nSPS) is 25.9. The molecule has 4 heteroatoms. The summed E-state index contributed by atoms with van der Waals surface area (Å²) in [5.74, 6) is 0.935. The van der Waals surface area contributed by atoms with Crippen LogP contribution in [0.4, 0.5) is 0 Å². The zero-order valence-corrected chi connectivity index (χ0v) is 15.6. The summed E-state index contributed by atoms with van der Waals surface area (Å²) < 4.78 is 0. The first-order valence-electron chi connectivity index (χ1n) is 9.58. The fourth-order valence-corrected chi connectivity index (χ4v) is 3.73. The van der Waals surface area contributed by atoms with Gasteiger partial charge in [-0.3, -0.25) is 4.79 Å². The van der Waals surface area contributed by atoms with E-state index in [0.29, 0.717) is 12.3 Å². The second kappa shape index (κ2) is 10.3. The van der Waals surface area contributed by atoms with E-state index < -0.39 is 6.10 Å². The maximum Gasteiger partial charge on any atom is 0.223 e. The first kappa shape index (κ1) is 20.4. The Morgan fingerprint density at radius 1 is 1.30 bits per heavy atom. The quantitative estimate of drug-likeness (QED) is 0.570. The molecule has 0 bridgehead atoms. The summed E-state index contributed by atoms with van der Waals surface area (Å²) >= 11 is 0. The molecule has 0 radical (unpaired) electrons. The van der Waals surface area contributed by atoms with Gasteiger partial charge < -0.3 is 16.2 Å². The van der Waals surface area contributed by atoms with E-state index in [4.69, 9.17) is 5.73 Å². The van der Waals surface area contributed by atoms with E-state index in [2.05, 4.69) is 33.0 Å². The number of hydrogen-bond acceptors (Lipinski definition) is 3. The Bertz CT molecular complexity index is 346. The van der Waals surface area contributed by atoms with Crippen molar-refractivity contribution in [2.75, 3.05) is 6.54 Å². The Morgan fingerprint density at radius 2 is 2.00 bits per heavy atom. The third kappa shape index (κ3) is 6.80. The lowest BCUT2D eigenvalue weighted by atomic mass is 9.74. The van der Waals surface area contributed by atoms with E-state index in [-0.39, 0.29) is 29.7 Å². The van der Waals surface area contributed by atoms with E-state index in [1.807, 2.05) is 0 Å². The van der Waals surface area contributed by atoms with Crippen molar-refractivity contribution in [3.8, 4) is 0 Å². The summed E-state index contributed by atoms with van der Waals surface area (Å²) in [6.45, 7) is 9.11. The summed E-state index contributed by atoms with van der Waals surface area (Å²) in [4.78, 5) is 12.4. The van der Waals surface area contributed by atoms with Crippen molar-refractivity contribution in [3.05, 3.63) is 0 Å². The molecule has 1 aliphatic rings. The molecule has 4 nitrogen and oxygen atoms in total. The van der Waals surface area contributed by atoms with Gasteiger partial charge >= 0.3 is 0 Å². The minimum atomic E-state index is -0.422. The van der Waals surface area contributed by atoms with Crippen LogP contribution in [0.3, 0.4) is 0 Å². The summed E-state index contributed by atoms with van der Waals surface area (Å²) in [5, 5.41) is 13.7. The van der Waals surface area contributed by atoms with Crippen molar-refractivity contribution in [2.45, 2.75) is 84.8 Å². The zero-order chi connectivity index (χ0) is 17.4. The number of carbonyl (C=O) groups excluding carboxylic acids is 1. The number of nitrogens with two attached hydrogens (primary N) is 1. The van der Waals surface area contributed by atoms with Crippen molar-refractivity contribution in [3.63, 3.8) is 0 Å². The van der Waals surface area contributed by atoms with Crippen LogP contribution in [0.2, 0.25) is 0 Å². The Hall–Kier alpha value is -0.610. The molecular weight excluding hydrogens is 288 g/mol. The molecular formula is C19H38N2O2. The molecule has 1 aliphatic carbocycles. The predicted octanol–water partition coefficient (Wildman–Crippen LogP) is 3.08. The lowest BCUT2D eigenvalue weighted by molar-refractivity contribution is -0.128. The highest BCUT2D eigenvalue weighted by atomic mass is 16.3. The van der Waals surface area contributed by atoms with Gasteiger partial charge in [0.2, 0.25) is 5.91 Å². The highest BCUT2D eigenvalue weighted by Gasteiger charge is 2.32. The standard InChI is InChI=1S/C19H38N2O2/c1-5-6-10-21-19(23)17(13(2)3)12-18(22)14(4)15-8-7-9-16(20)11-15/h13-18,22H,5-12,20H2,1-4H3,(H,21,23)/t14-,15?,16?,17-,18-/m0/s1. The number of aliphatic hydroxyl groups is 1. The van der Waals surface area contributed by atoms with Gasteiger partial charge in [0.1, 0.15) is 0 Å². The van der Waals surface area contributed by atoms with E-state index in [0.717, 1.165) is 45.1 Å². The van der Waals surface area contributed by atoms with Gasteiger partial charge in [-0.05, 0) is 49.9 Å². The van der Waals surface area contributed by atoms with Crippen molar-refractivity contribution < 1.29 is 9.90 Å². The second-order valence-corrected chi connectivity index (χ2v) is 7.84. The highest BCUT2D eigenvalue weighted by Crippen LogP contribution is 2.33. The zero-order valence-electron chi connectivity index (χ0n) is 15.6. The van der Waals surface area contributed by atoms with Crippen LogP contribution in [-0.2, 0) is 4.79 Å². The van der Waals surface area contributed by atoms with Gasteiger partial charge in [0.05, 0.1) is 6.10 Å². The average Bonchev–Trinajstić information content (AvgIpc) is 2.51. The van der Waals surface area contributed by atoms with Gasteiger partial charge in [0.25, 0.3) is 0 Å². The van der Waals surface area contributed by atoms with Gasteiger partial charge in [0, 0.05) is 18.5 Å². The number of carbonyl (C=O) groups is 1. The van der Waals surface area contributed by atoms with E-state index in [9.17, 15) is 9.90 Å². The third-order valence-electron chi connectivity index (χ3n) is 5.57. The van der Waals surface area contributed by atoms with Crippen LogP contribution >= 0.6 is 0 Å². The van der Waals surface area contributed by atoms with Gasteiger partial charge in [-0.1, -0.05) is 40.5 Å². The molecule has 0 heterocycles. The first-order valence-corrected chi connectivity index (χ1v) is 9.58. The Kier molecular flexibility index (Phi) is 9.15. The van der Waals surface area contributed by atoms with Crippen molar-refractivity contribution in [1.29, 1.82) is 0 Å². The molecule has 0 aromatic heterocycles. The molecule has 1 rings (SSSR count). The highest BCUT2D eigenvalue weighted by molar-refractivity contribution is 5.78. The van der Waals surface area contributed by atoms with Crippen LogP contribution in [0.25, 0.3) is 0 Å². The Morgan fingerprint density at radius 3 is 2.57 bits per heavy atom. The molecule has 0 aliphatic heterocycles. The Balaban J connectivity index is 2.55. The molecule has 136 valence electrons. The lowest BCUT2D eigenvalue weighted by Gasteiger charge is -2.35. The predicted molar refractivity (Wildman–Crippen MR) is 96.0 cm³/mol. The van der Waals surface area contributed by atoms with E-state index in [1.165, 1.54) is 0 Å². The summed E-state index contributed by atoms with van der Waals surface area (Å²) in [6, 6.07) is 0.279. The molecule has 23 heavy (non-hydrogen) atoms. The molecule has 0 saturated heterocycles. The number of rotatable bonds is 9. The molecule has 5 atom stereocenters. The lowest BCUT2D eigenvalue weighted by Crippen LogP contribution is -2.39. The minimum absolute atomic E-state index is 0.0973. The molecule has 1 saturated carbocycles. The molecule has 0 aromatic rings. The second-order valence-electron chi connectivity index (χ2n) is 7.84. The number of hydrogen-bond donors (Lipinski definition) is 3. The monoisotopic (exact) mass is 326 g/mol. The van der Waals surface area contributed by atoms with Gasteiger partial charge in [-0.15, -0.1) is 0 Å². The molecule has 1 amide bonds. The SMILES string of the molecule is CCCCNC(=O)[C@@H](C[C@H](O)[C@@H](C)C1CCCC(N)C1)C(C)C. The maximum atomic E-state index is 12.4. The summed E-state index contributed by atoms with van der Waals surface area (Å²) in [7, 11) is 0. The fourth-order valence-electron chi connectivity index (χ4n) is 3.73. The number of amides is 1. The van der Waals surface area contributed by atoms with Crippen LogP contribution in [-0.4, -0.2) is 29.7 Å². The largest absolute Gasteiger partial charge is 0.393 e. The molecule has 0 aromatic carbocycles. The average molecular weight is 327 g/mol. The molecule has 1 fully saturated rings. The maximum absolute atomic E-state index is 12.4. The number of nitrogens with one attached hydrogen (secondary N) is 1. The van der Waals surface area contributed by atoms with Crippen LogP contribution in [0.1, 0.15) is 72.6 Å². The molecule has 2 unspecified atom stereocenters. The Labute approximate surface area is 142 Å². The van der Waals surface area contributed by atoms with E-state index in [1.54, 1.807) is 0 Å². The van der Waals surface area contributed by atoms with Crippen LogP contribution in [0, 0.1) is 23.7 Å².